The number of rotatable bonds is 3. The molecule has 0 aromatic heterocycles. The highest BCUT2D eigenvalue weighted by Crippen LogP contribution is 2.40. The highest BCUT2D eigenvalue weighted by molar-refractivity contribution is 9.10. The van der Waals surface area contributed by atoms with Crippen LogP contribution in [0.1, 0.15) is 35.7 Å². The van der Waals surface area contributed by atoms with E-state index in [2.05, 4.69) is 22.9 Å². The van der Waals surface area contributed by atoms with Crippen molar-refractivity contribution in [1.29, 1.82) is 0 Å². The van der Waals surface area contributed by atoms with Gasteiger partial charge in [0, 0.05) is 42.1 Å². The number of carbonyl (C=O) groups excluding carboxylic acids is 1. The number of halogens is 1. The lowest BCUT2D eigenvalue weighted by atomic mass is 9.96. The van der Waals surface area contributed by atoms with E-state index in [1.807, 2.05) is 19.1 Å². The first-order valence-corrected chi connectivity index (χ1v) is 11.9. The first-order valence-electron chi connectivity index (χ1n) is 9.63. The first-order chi connectivity index (χ1) is 13.8. The molecule has 4 rings (SSSR count). The number of para-hydroxylation sites is 1. The minimum Gasteiger partial charge on any atom is -0.489 e. The van der Waals surface area contributed by atoms with Gasteiger partial charge in [-0.05, 0) is 31.2 Å². The number of carbonyl (C=O) groups is 1. The third kappa shape index (κ3) is 3.69. The number of benzene rings is 2. The maximum atomic E-state index is 13.1. The Morgan fingerprint density at radius 3 is 2.45 bits per heavy atom. The summed E-state index contributed by atoms with van der Waals surface area (Å²) < 4.78 is 33.9. The Morgan fingerprint density at radius 1 is 1.07 bits per heavy atom. The Hall–Kier alpha value is -1.90. The molecule has 6 nitrogen and oxygen atoms in total. The quantitative estimate of drug-likeness (QED) is 0.676. The van der Waals surface area contributed by atoms with Gasteiger partial charge in [-0.25, -0.2) is 8.42 Å². The average Bonchev–Trinajstić information content (AvgIpc) is 3.01. The number of sulfonamides is 1. The molecule has 2 aromatic carbocycles. The molecule has 0 aliphatic carbocycles. The molecule has 2 aliphatic heterocycles. The minimum absolute atomic E-state index is 0.0335. The van der Waals surface area contributed by atoms with Crippen LogP contribution in [0.2, 0.25) is 0 Å². The summed E-state index contributed by atoms with van der Waals surface area (Å²) in [4.78, 5) is 15.1. The van der Waals surface area contributed by atoms with Crippen molar-refractivity contribution < 1.29 is 17.9 Å². The number of fused-ring (bicyclic) bond motifs is 1. The van der Waals surface area contributed by atoms with Crippen LogP contribution < -0.4 is 4.74 Å². The van der Waals surface area contributed by atoms with Crippen molar-refractivity contribution in [2.45, 2.75) is 30.8 Å². The molecule has 2 aromatic rings. The van der Waals surface area contributed by atoms with Crippen LogP contribution in [0.3, 0.4) is 0 Å². The lowest BCUT2D eigenvalue weighted by Gasteiger charge is -2.34. The molecular weight excluding hydrogens is 456 g/mol. The molecule has 2 heterocycles. The van der Waals surface area contributed by atoms with Gasteiger partial charge in [-0.15, -0.1) is 0 Å². The predicted molar refractivity (Wildman–Crippen MR) is 114 cm³/mol. The van der Waals surface area contributed by atoms with Crippen molar-refractivity contribution in [2.75, 3.05) is 26.2 Å². The molecule has 29 heavy (non-hydrogen) atoms. The van der Waals surface area contributed by atoms with E-state index in [1.54, 1.807) is 35.2 Å². The van der Waals surface area contributed by atoms with Crippen molar-refractivity contribution in [1.82, 2.24) is 9.21 Å². The molecule has 1 fully saturated rings. The summed E-state index contributed by atoms with van der Waals surface area (Å²) in [6.45, 7) is 5.33. The van der Waals surface area contributed by atoms with E-state index in [0.29, 0.717) is 28.9 Å². The van der Waals surface area contributed by atoms with Crippen LogP contribution in [0.25, 0.3) is 0 Å². The molecule has 1 saturated heterocycles. The fourth-order valence-corrected chi connectivity index (χ4v) is 5.85. The third-order valence-corrected chi connectivity index (χ3v) is 8.12. The fourth-order valence-electron chi connectivity index (χ4n) is 3.83. The maximum Gasteiger partial charge on any atom is 0.257 e. The molecule has 0 spiro atoms. The number of hydrogen-bond acceptors (Lipinski definition) is 4. The number of amides is 1. The zero-order valence-corrected chi connectivity index (χ0v) is 18.7. The second kappa shape index (κ2) is 7.74. The van der Waals surface area contributed by atoms with E-state index in [4.69, 9.17) is 4.74 Å². The van der Waals surface area contributed by atoms with Gasteiger partial charge >= 0.3 is 0 Å². The molecule has 1 amide bonds. The van der Waals surface area contributed by atoms with Gasteiger partial charge in [0.1, 0.15) is 11.9 Å². The van der Waals surface area contributed by atoms with E-state index in [9.17, 15) is 13.2 Å². The van der Waals surface area contributed by atoms with E-state index in [1.165, 1.54) is 4.31 Å². The third-order valence-electron chi connectivity index (χ3n) is 5.73. The van der Waals surface area contributed by atoms with Crippen LogP contribution in [0.15, 0.2) is 51.8 Å². The van der Waals surface area contributed by atoms with Gasteiger partial charge in [0.2, 0.25) is 10.0 Å². The SMILES string of the molecule is CC1Oc2c(C(=O)N3CCN(S(=O)(=O)c4cccc(Br)c4)CC3)cccc2C1C. The molecule has 0 bridgehead atoms. The van der Waals surface area contributed by atoms with Crippen LogP contribution >= 0.6 is 15.9 Å². The average molecular weight is 479 g/mol. The number of ether oxygens (including phenoxy) is 1. The molecule has 2 unspecified atom stereocenters. The topological polar surface area (TPSA) is 66.9 Å². The summed E-state index contributed by atoms with van der Waals surface area (Å²) in [5, 5.41) is 0. The lowest BCUT2D eigenvalue weighted by molar-refractivity contribution is 0.0692. The summed E-state index contributed by atoms with van der Waals surface area (Å²) >= 11 is 3.32. The van der Waals surface area contributed by atoms with Crippen molar-refractivity contribution in [2.24, 2.45) is 0 Å². The summed E-state index contributed by atoms with van der Waals surface area (Å²) in [5.41, 5.74) is 1.61. The van der Waals surface area contributed by atoms with Gasteiger partial charge in [0.25, 0.3) is 5.91 Å². The second-order valence-electron chi connectivity index (χ2n) is 7.49. The van der Waals surface area contributed by atoms with Crippen molar-refractivity contribution in [3.8, 4) is 5.75 Å². The highest BCUT2D eigenvalue weighted by atomic mass is 79.9. The molecule has 2 aliphatic rings. The summed E-state index contributed by atoms with van der Waals surface area (Å²) in [7, 11) is -3.58. The molecule has 0 N–H and O–H groups in total. The lowest BCUT2D eigenvalue weighted by Crippen LogP contribution is -2.50. The Balaban J connectivity index is 1.49. The Morgan fingerprint density at radius 2 is 1.76 bits per heavy atom. The Kier molecular flexibility index (Phi) is 5.44. The van der Waals surface area contributed by atoms with E-state index >= 15 is 0 Å². The van der Waals surface area contributed by atoms with E-state index in [0.717, 1.165) is 5.56 Å². The normalized spacial score (nSPS) is 22.2. The molecular formula is C21H23BrN2O4S. The standard InChI is InChI=1S/C21H23BrN2O4S/c1-14-15(2)28-20-18(14)7-4-8-19(20)21(25)23-9-11-24(12-10-23)29(26,27)17-6-3-5-16(22)13-17/h3-8,13-15H,9-12H2,1-2H3. The molecule has 8 heteroatoms. The monoisotopic (exact) mass is 478 g/mol. The molecule has 0 saturated carbocycles. The van der Waals surface area contributed by atoms with Gasteiger partial charge in [-0.3, -0.25) is 4.79 Å². The number of nitrogens with zero attached hydrogens (tertiary/aromatic N) is 2. The van der Waals surface area contributed by atoms with Crippen LogP contribution in [-0.2, 0) is 10.0 Å². The summed E-state index contributed by atoms with van der Waals surface area (Å²) in [6, 6.07) is 12.4. The largest absolute Gasteiger partial charge is 0.489 e. The number of hydrogen-bond donors (Lipinski definition) is 0. The number of piperazine rings is 1. The first kappa shape index (κ1) is 20.4. The molecule has 0 radical (unpaired) electrons. The van der Waals surface area contributed by atoms with Crippen molar-refractivity contribution in [3.05, 3.63) is 58.1 Å². The zero-order valence-electron chi connectivity index (χ0n) is 16.3. The predicted octanol–water partition coefficient (Wildman–Crippen LogP) is 3.48. The minimum atomic E-state index is -3.58. The summed E-state index contributed by atoms with van der Waals surface area (Å²) in [5.74, 6) is 0.800. The van der Waals surface area contributed by atoms with Gasteiger partial charge in [-0.1, -0.05) is 41.1 Å². The van der Waals surface area contributed by atoms with Gasteiger partial charge in [-0.2, -0.15) is 4.31 Å². The molecule has 2 atom stereocenters. The van der Waals surface area contributed by atoms with Crippen molar-refractivity contribution in [3.63, 3.8) is 0 Å². The van der Waals surface area contributed by atoms with Crippen LogP contribution in [0.5, 0.6) is 5.75 Å². The van der Waals surface area contributed by atoms with Gasteiger partial charge in [0.05, 0.1) is 10.5 Å². The van der Waals surface area contributed by atoms with E-state index in [-0.39, 0.29) is 35.9 Å². The van der Waals surface area contributed by atoms with Crippen LogP contribution in [-0.4, -0.2) is 55.8 Å². The van der Waals surface area contributed by atoms with E-state index < -0.39 is 10.0 Å². The highest BCUT2D eigenvalue weighted by Gasteiger charge is 2.35. The second-order valence-corrected chi connectivity index (χ2v) is 10.3. The van der Waals surface area contributed by atoms with Gasteiger partial charge < -0.3 is 9.64 Å². The summed E-state index contributed by atoms with van der Waals surface area (Å²) in [6.07, 6.45) is 0.0335. The zero-order chi connectivity index (χ0) is 20.8. The molecule has 154 valence electrons. The van der Waals surface area contributed by atoms with Crippen LogP contribution in [0, 0.1) is 0 Å². The smallest absolute Gasteiger partial charge is 0.257 e. The fraction of sp³-hybridized carbons (Fsp3) is 0.381. The van der Waals surface area contributed by atoms with Crippen LogP contribution in [0.4, 0.5) is 0 Å². The van der Waals surface area contributed by atoms with Crippen molar-refractivity contribution >= 4 is 31.9 Å². The van der Waals surface area contributed by atoms with Gasteiger partial charge in [0.15, 0.2) is 0 Å². The maximum absolute atomic E-state index is 13.1. The Bertz CT molecular complexity index is 1050. The Labute approximate surface area is 179 Å².